The van der Waals surface area contributed by atoms with Gasteiger partial charge < -0.3 is 18.8 Å². The highest BCUT2D eigenvalue weighted by Gasteiger charge is 2.17. The molecule has 7 heteroatoms. The fourth-order valence-corrected chi connectivity index (χ4v) is 2.16. The predicted molar refractivity (Wildman–Crippen MR) is 80.8 cm³/mol. The molecule has 1 heterocycles. The summed E-state index contributed by atoms with van der Waals surface area (Å²) < 4.78 is 16.5. The van der Waals surface area contributed by atoms with E-state index in [0.29, 0.717) is 37.4 Å². The topological polar surface area (TPSA) is 73.9 Å². The van der Waals surface area contributed by atoms with E-state index in [0.717, 1.165) is 0 Å². The quantitative estimate of drug-likeness (QED) is 0.718. The normalized spacial score (nSPS) is 11.0. The summed E-state index contributed by atoms with van der Waals surface area (Å²) in [6.07, 6.45) is 0. The van der Waals surface area contributed by atoms with Gasteiger partial charge in [-0.2, -0.15) is 0 Å². The number of nitrogens with zero attached hydrogens (tertiary/aromatic N) is 2. The fraction of sp³-hybridized carbons (Fsp3) is 0.467. The van der Waals surface area contributed by atoms with Gasteiger partial charge in [0.15, 0.2) is 5.58 Å². The number of amides is 1. The first-order chi connectivity index (χ1) is 10.7. The number of ether oxygens (including phenoxy) is 2. The Morgan fingerprint density at radius 3 is 2.45 bits per heavy atom. The van der Waals surface area contributed by atoms with Gasteiger partial charge in [-0.1, -0.05) is 12.1 Å². The Morgan fingerprint density at radius 2 is 1.82 bits per heavy atom. The van der Waals surface area contributed by atoms with E-state index in [2.05, 4.69) is 0 Å². The number of carbonyl (C=O) groups is 1. The van der Waals surface area contributed by atoms with Crippen LogP contribution in [0.3, 0.4) is 0 Å². The number of methoxy groups -OCH3 is 2. The van der Waals surface area contributed by atoms with E-state index in [1.54, 1.807) is 43.4 Å². The summed E-state index contributed by atoms with van der Waals surface area (Å²) in [6, 6.07) is 7.03. The van der Waals surface area contributed by atoms with Gasteiger partial charge in [0, 0.05) is 27.3 Å². The summed E-state index contributed by atoms with van der Waals surface area (Å²) in [6.45, 7) is 1.68. The molecule has 0 saturated carbocycles. The van der Waals surface area contributed by atoms with Crippen molar-refractivity contribution in [3.63, 3.8) is 0 Å². The van der Waals surface area contributed by atoms with E-state index in [1.807, 2.05) is 0 Å². The lowest BCUT2D eigenvalue weighted by molar-refractivity contribution is -0.133. The Kier molecular flexibility index (Phi) is 5.74. The SMILES string of the molecule is COCCN(CCOC)C(=O)Cn1c(=O)oc2ccccc21. The van der Waals surface area contributed by atoms with Crippen LogP contribution in [0.15, 0.2) is 33.5 Å². The molecule has 0 aliphatic heterocycles. The van der Waals surface area contributed by atoms with Crippen LogP contribution in [0.25, 0.3) is 11.1 Å². The molecular formula is C15H20N2O5. The molecule has 0 aliphatic rings. The lowest BCUT2D eigenvalue weighted by Crippen LogP contribution is -2.39. The van der Waals surface area contributed by atoms with Crippen molar-refractivity contribution >= 4 is 17.0 Å². The Balaban J connectivity index is 2.16. The molecule has 120 valence electrons. The minimum absolute atomic E-state index is 0.0662. The number of para-hydroxylation sites is 2. The van der Waals surface area contributed by atoms with Crippen molar-refractivity contribution in [2.75, 3.05) is 40.5 Å². The third kappa shape index (κ3) is 3.75. The molecule has 0 radical (unpaired) electrons. The smallest absolute Gasteiger partial charge is 0.408 e. The van der Waals surface area contributed by atoms with Crippen molar-refractivity contribution < 1.29 is 18.7 Å². The van der Waals surface area contributed by atoms with E-state index >= 15 is 0 Å². The highest BCUT2D eigenvalue weighted by Crippen LogP contribution is 2.11. The first-order valence-corrected chi connectivity index (χ1v) is 7.01. The Hall–Kier alpha value is -2.12. The van der Waals surface area contributed by atoms with Crippen LogP contribution < -0.4 is 5.76 Å². The highest BCUT2D eigenvalue weighted by molar-refractivity contribution is 5.79. The zero-order chi connectivity index (χ0) is 15.9. The third-order valence-corrected chi connectivity index (χ3v) is 3.35. The summed E-state index contributed by atoms with van der Waals surface area (Å²) in [5, 5.41) is 0. The molecule has 0 saturated heterocycles. The third-order valence-electron chi connectivity index (χ3n) is 3.35. The van der Waals surface area contributed by atoms with Gasteiger partial charge >= 0.3 is 5.76 Å². The number of aromatic nitrogens is 1. The second kappa shape index (κ2) is 7.77. The van der Waals surface area contributed by atoms with E-state index in [9.17, 15) is 9.59 Å². The van der Waals surface area contributed by atoms with Crippen molar-refractivity contribution in [2.45, 2.75) is 6.54 Å². The van der Waals surface area contributed by atoms with Gasteiger partial charge in [0.25, 0.3) is 0 Å². The van der Waals surface area contributed by atoms with Crippen LogP contribution in [0.4, 0.5) is 0 Å². The van der Waals surface area contributed by atoms with Gasteiger partial charge in [-0.3, -0.25) is 9.36 Å². The van der Waals surface area contributed by atoms with Crippen LogP contribution in [0.5, 0.6) is 0 Å². The zero-order valence-electron chi connectivity index (χ0n) is 12.8. The van der Waals surface area contributed by atoms with Crippen LogP contribution in [-0.4, -0.2) is 55.9 Å². The van der Waals surface area contributed by atoms with E-state index < -0.39 is 5.76 Å². The molecule has 0 spiro atoms. The number of rotatable bonds is 8. The zero-order valence-corrected chi connectivity index (χ0v) is 12.8. The summed E-state index contributed by atoms with van der Waals surface area (Å²) in [5.74, 6) is -0.712. The summed E-state index contributed by atoms with van der Waals surface area (Å²) in [7, 11) is 3.15. The van der Waals surface area contributed by atoms with Crippen molar-refractivity contribution in [2.24, 2.45) is 0 Å². The molecule has 1 aromatic carbocycles. The average molecular weight is 308 g/mol. The molecule has 0 fully saturated rings. The van der Waals surface area contributed by atoms with Crippen LogP contribution in [-0.2, 0) is 20.8 Å². The molecular weight excluding hydrogens is 288 g/mol. The van der Waals surface area contributed by atoms with Gasteiger partial charge in [-0.15, -0.1) is 0 Å². The van der Waals surface area contributed by atoms with E-state index in [4.69, 9.17) is 13.9 Å². The summed E-state index contributed by atoms with van der Waals surface area (Å²) >= 11 is 0. The number of fused-ring (bicyclic) bond motifs is 1. The van der Waals surface area contributed by atoms with Gasteiger partial charge in [-0.25, -0.2) is 4.79 Å². The predicted octanol–water partition coefficient (Wildman–Crippen LogP) is 0.716. The molecule has 0 bridgehead atoms. The molecule has 2 rings (SSSR count). The first-order valence-electron chi connectivity index (χ1n) is 7.01. The number of carbonyl (C=O) groups excluding carboxylic acids is 1. The standard InChI is InChI=1S/C15H20N2O5/c1-20-9-7-16(8-10-21-2)14(18)11-17-12-5-3-4-6-13(12)22-15(17)19/h3-6H,7-11H2,1-2H3. The number of oxazole rings is 1. The van der Waals surface area contributed by atoms with Gasteiger partial charge in [0.2, 0.25) is 5.91 Å². The Labute approximate surface area is 128 Å². The minimum atomic E-state index is -0.534. The van der Waals surface area contributed by atoms with Crippen LogP contribution in [0, 0.1) is 0 Å². The second-order valence-electron chi connectivity index (χ2n) is 4.79. The van der Waals surface area contributed by atoms with Gasteiger partial charge in [-0.05, 0) is 12.1 Å². The molecule has 1 amide bonds. The average Bonchev–Trinajstić information content (AvgIpc) is 2.83. The van der Waals surface area contributed by atoms with Crippen molar-refractivity contribution in [3.05, 3.63) is 34.8 Å². The van der Waals surface area contributed by atoms with Gasteiger partial charge in [0.05, 0.1) is 18.7 Å². The van der Waals surface area contributed by atoms with Crippen molar-refractivity contribution in [3.8, 4) is 0 Å². The lowest BCUT2D eigenvalue weighted by Gasteiger charge is -2.22. The largest absolute Gasteiger partial charge is 0.420 e. The number of benzene rings is 1. The molecule has 0 unspecified atom stereocenters. The number of hydrogen-bond acceptors (Lipinski definition) is 5. The first kappa shape index (κ1) is 16.3. The monoisotopic (exact) mass is 308 g/mol. The van der Waals surface area contributed by atoms with Crippen molar-refractivity contribution in [1.29, 1.82) is 0 Å². The maximum atomic E-state index is 12.4. The van der Waals surface area contributed by atoms with Crippen LogP contribution in [0.2, 0.25) is 0 Å². The molecule has 0 atom stereocenters. The molecule has 7 nitrogen and oxygen atoms in total. The summed E-state index contributed by atoms with van der Waals surface area (Å²) in [5.41, 5.74) is 1.08. The lowest BCUT2D eigenvalue weighted by atomic mass is 10.3. The Bertz CT molecular complexity index is 668. The molecule has 22 heavy (non-hydrogen) atoms. The molecule has 2 aromatic rings. The van der Waals surface area contributed by atoms with Gasteiger partial charge in [0.1, 0.15) is 6.54 Å². The molecule has 0 N–H and O–H groups in total. The van der Waals surface area contributed by atoms with E-state index in [1.165, 1.54) is 4.57 Å². The maximum absolute atomic E-state index is 12.4. The van der Waals surface area contributed by atoms with Crippen LogP contribution in [0.1, 0.15) is 0 Å². The second-order valence-corrected chi connectivity index (χ2v) is 4.79. The Morgan fingerprint density at radius 1 is 1.18 bits per heavy atom. The number of hydrogen-bond donors (Lipinski definition) is 0. The molecule has 1 aromatic heterocycles. The fourth-order valence-electron chi connectivity index (χ4n) is 2.16. The van der Waals surface area contributed by atoms with Crippen LogP contribution >= 0.6 is 0 Å². The maximum Gasteiger partial charge on any atom is 0.420 e. The molecule has 0 aliphatic carbocycles. The minimum Gasteiger partial charge on any atom is -0.408 e. The van der Waals surface area contributed by atoms with E-state index in [-0.39, 0.29) is 12.5 Å². The van der Waals surface area contributed by atoms with Crippen molar-refractivity contribution in [1.82, 2.24) is 9.47 Å². The highest BCUT2D eigenvalue weighted by atomic mass is 16.5. The summed E-state index contributed by atoms with van der Waals surface area (Å²) in [4.78, 5) is 25.9.